The van der Waals surface area contributed by atoms with Crippen molar-refractivity contribution in [2.45, 2.75) is 6.18 Å². The van der Waals surface area contributed by atoms with Crippen LogP contribution in [0.15, 0.2) is 30.3 Å². The molecule has 1 rings (SSSR count). The standard InChI is InChI=1S/C12H12F3NO3/c1-18-10-4-2-3-9(7-10)5-6-11(17)16-19-8-12(13,14)15/h2-7H,8H2,1H3,(H,16,17)/b6-5+. The van der Waals surface area contributed by atoms with E-state index in [0.717, 1.165) is 6.08 Å². The number of alkyl halides is 3. The molecule has 19 heavy (non-hydrogen) atoms. The van der Waals surface area contributed by atoms with Crippen LogP contribution in [0, 0.1) is 0 Å². The Morgan fingerprint density at radius 3 is 2.79 bits per heavy atom. The highest BCUT2D eigenvalue weighted by molar-refractivity contribution is 5.90. The fourth-order valence-electron chi connectivity index (χ4n) is 1.14. The summed E-state index contributed by atoms with van der Waals surface area (Å²) in [5.74, 6) is -0.178. The van der Waals surface area contributed by atoms with Gasteiger partial charge in [-0.05, 0) is 23.8 Å². The summed E-state index contributed by atoms with van der Waals surface area (Å²) in [4.78, 5) is 15.1. The van der Waals surface area contributed by atoms with Crippen LogP contribution in [0.2, 0.25) is 0 Å². The maximum Gasteiger partial charge on any atom is 0.414 e. The van der Waals surface area contributed by atoms with Gasteiger partial charge in [-0.25, -0.2) is 5.48 Å². The van der Waals surface area contributed by atoms with Gasteiger partial charge in [0.05, 0.1) is 7.11 Å². The third kappa shape index (κ3) is 6.46. The largest absolute Gasteiger partial charge is 0.497 e. The van der Waals surface area contributed by atoms with Crippen molar-refractivity contribution in [2.75, 3.05) is 13.7 Å². The minimum Gasteiger partial charge on any atom is -0.497 e. The molecular weight excluding hydrogens is 263 g/mol. The van der Waals surface area contributed by atoms with Crippen molar-refractivity contribution in [1.82, 2.24) is 5.48 Å². The second-order valence-electron chi connectivity index (χ2n) is 3.48. The molecule has 1 aromatic rings. The highest BCUT2D eigenvalue weighted by atomic mass is 19.4. The molecule has 0 atom stereocenters. The number of carbonyl (C=O) groups excluding carboxylic acids is 1. The van der Waals surface area contributed by atoms with E-state index in [1.165, 1.54) is 13.2 Å². The first kappa shape index (κ1) is 15.0. The van der Waals surface area contributed by atoms with E-state index in [0.29, 0.717) is 11.3 Å². The summed E-state index contributed by atoms with van der Waals surface area (Å²) in [6, 6.07) is 6.82. The fraction of sp³-hybridized carbons (Fsp3) is 0.250. The first-order valence-corrected chi connectivity index (χ1v) is 5.21. The van der Waals surface area contributed by atoms with Crippen LogP contribution in [0.4, 0.5) is 13.2 Å². The molecule has 0 radical (unpaired) electrons. The van der Waals surface area contributed by atoms with E-state index >= 15 is 0 Å². The van der Waals surface area contributed by atoms with Crippen molar-refractivity contribution < 1.29 is 27.5 Å². The summed E-state index contributed by atoms with van der Waals surface area (Å²) in [6.45, 7) is -1.54. The van der Waals surface area contributed by atoms with E-state index in [9.17, 15) is 18.0 Å². The third-order valence-corrected chi connectivity index (χ3v) is 1.93. The second-order valence-corrected chi connectivity index (χ2v) is 3.48. The van der Waals surface area contributed by atoms with Crippen LogP contribution in [0.1, 0.15) is 5.56 Å². The van der Waals surface area contributed by atoms with Crippen molar-refractivity contribution in [2.24, 2.45) is 0 Å². The maximum atomic E-state index is 11.7. The number of carbonyl (C=O) groups is 1. The summed E-state index contributed by atoms with van der Waals surface area (Å²) < 4.78 is 40.2. The summed E-state index contributed by atoms with van der Waals surface area (Å²) in [5, 5.41) is 0. The lowest BCUT2D eigenvalue weighted by molar-refractivity contribution is -0.190. The minimum absolute atomic E-state index is 0.607. The van der Waals surface area contributed by atoms with E-state index in [-0.39, 0.29) is 0 Å². The first-order chi connectivity index (χ1) is 8.90. The number of nitrogens with one attached hydrogen (secondary N) is 1. The Morgan fingerprint density at radius 2 is 2.16 bits per heavy atom. The van der Waals surface area contributed by atoms with Gasteiger partial charge >= 0.3 is 6.18 Å². The molecule has 1 amide bonds. The number of methoxy groups -OCH3 is 1. The smallest absolute Gasteiger partial charge is 0.414 e. The molecule has 0 spiro atoms. The summed E-state index contributed by atoms with van der Waals surface area (Å²) >= 11 is 0. The third-order valence-electron chi connectivity index (χ3n) is 1.93. The summed E-state index contributed by atoms with van der Waals surface area (Å²) in [5.41, 5.74) is 2.33. The first-order valence-electron chi connectivity index (χ1n) is 5.21. The van der Waals surface area contributed by atoms with Crippen molar-refractivity contribution in [3.8, 4) is 5.75 Å². The fourth-order valence-corrected chi connectivity index (χ4v) is 1.14. The summed E-state index contributed by atoms with van der Waals surface area (Å²) in [7, 11) is 1.50. The van der Waals surface area contributed by atoms with Crippen LogP contribution in [0.5, 0.6) is 5.75 Å². The van der Waals surface area contributed by atoms with Gasteiger partial charge in [0, 0.05) is 6.08 Å². The second kappa shape index (κ2) is 6.79. The van der Waals surface area contributed by atoms with E-state index in [4.69, 9.17) is 4.74 Å². The van der Waals surface area contributed by atoms with Crippen molar-refractivity contribution in [1.29, 1.82) is 0 Å². The molecule has 4 nitrogen and oxygen atoms in total. The lowest BCUT2D eigenvalue weighted by Crippen LogP contribution is -2.28. The minimum atomic E-state index is -4.48. The van der Waals surface area contributed by atoms with Gasteiger partial charge in [-0.3, -0.25) is 9.63 Å². The van der Waals surface area contributed by atoms with E-state index < -0.39 is 18.7 Å². The van der Waals surface area contributed by atoms with Crippen molar-refractivity contribution in [3.63, 3.8) is 0 Å². The molecule has 1 N–H and O–H groups in total. The molecule has 1 aromatic carbocycles. The van der Waals surface area contributed by atoms with Crippen LogP contribution in [0.25, 0.3) is 6.08 Å². The van der Waals surface area contributed by atoms with Crippen LogP contribution < -0.4 is 10.2 Å². The molecule has 0 heterocycles. The van der Waals surface area contributed by atoms with Gasteiger partial charge < -0.3 is 4.74 Å². The number of hydroxylamine groups is 1. The van der Waals surface area contributed by atoms with E-state index in [1.807, 2.05) is 0 Å². The Balaban J connectivity index is 2.45. The molecule has 0 aliphatic carbocycles. The zero-order valence-corrected chi connectivity index (χ0v) is 10.0. The van der Waals surface area contributed by atoms with Gasteiger partial charge in [0.2, 0.25) is 0 Å². The number of hydrogen-bond donors (Lipinski definition) is 1. The summed E-state index contributed by atoms with van der Waals surface area (Å²) in [6.07, 6.45) is -2.00. The molecule has 0 aliphatic rings. The molecular formula is C12H12F3NO3. The van der Waals surface area contributed by atoms with Gasteiger partial charge in [-0.1, -0.05) is 12.1 Å². The Kier molecular flexibility index (Phi) is 5.37. The molecule has 0 aromatic heterocycles. The Bertz CT molecular complexity index is 458. The van der Waals surface area contributed by atoms with Crippen LogP contribution in [-0.2, 0) is 9.63 Å². The predicted molar refractivity (Wildman–Crippen MR) is 62.2 cm³/mol. The normalized spacial score (nSPS) is 11.6. The predicted octanol–water partition coefficient (Wildman–Crippen LogP) is 2.32. The molecule has 104 valence electrons. The number of benzene rings is 1. The highest BCUT2D eigenvalue weighted by Crippen LogP contribution is 2.14. The van der Waals surface area contributed by atoms with Crippen LogP contribution in [-0.4, -0.2) is 25.8 Å². The molecule has 0 saturated carbocycles. The van der Waals surface area contributed by atoms with Gasteiger partial charge in [-0.2, -0.15) is 13.2 Å². The van der Waals surface area contributed by atoms with E-state index in [1.54, 1.807) is 29.7 Å². The Labute approximate surface area is 107 Å². The van der Waals surface area contributed by atoms with E-state index in [2.05, 4.69) is 4.84 Å². The van der Waals surface area contributed by atoms with Gasteiger partial charge in [0.25, 0.3) is 5.91 Å². The Hall–Kier alpha value is -2.02. The highest BCUT2D eigenvalue weighted by Gasteiger charge is 2.28. The van der Waals surface area contributed by atoms with Crippen LogP contribution >= 0.6 is 0 Å². The van der Waals surface area contributed by atoms with Crippen molar-refractivity contribution >= 4 is 12.0 Å². The SMILES string of the molecule is COc1cccc(/C=C/C(=O)NOCC(F)(F)F)c1. The monoisotopic (exact) mass is 275 g/mol. The van der Waals surface area contributed by atoms with Gasteiger partial charge in [0.15, 0.2) is 6.61 Å². The average Bonchev–Trinajstić information content (AvgIpc) is 2.35. The Morgan fingerprint density at radius 1 is 1.42 bits per heavy atom. The number of halogens is 3. The van der Waals surface area contributed by atoms with Crippen LogP contribution in [0.3, 0.4) is 0 Å². The average molecular weight is 275 g/mol. The van der Waals surface area contributed by atoms with Gasteiger partial charge in [0.1, 0.15) is 5.75 Å². The quantitative estimate of drug-likeness (QED) is 0.662. The lowest BCUT2D eigenvalue weighted by atomic mass is 10.2. The number of amides is 1. The zero-order chi connectivity index (χ0) is 14.3. The molecule has 0 saturated heterocycles. The van der Waals surface area contributed by atoms with Crippen molar-refractivity contribution in [3.05, 3.63) is 35.9 Å². The number of ether oxygens (including phenoxy) is 1. The van der Waals surface area contributed by atoms with Gasteiger partial charge in [-0.15, -0.1) is 0 Å². The molecule has 0 aliphatic heterocycles. The topological polar surface area (TPSA) is 47.6 Å². The number of hydrogen-bond acceptors (Lipinski definition) is 3. The molecule has 0 fully saturated rings. The zero-order valence-electron chi connectivity index (χ0n) is 10.0. The lowest BCUT2D eigenvalue weighted by Gasteiger charge is -2.06. The molecule has 0 unspecified atom stereocenters. The molecule has 0 bridgehead atoms. The number of rotatable bonds is 5. The molecule has 7 heteroatoms. The maximum absolute atomic E-state index is 11.7.